The molecule has 2 amide bonds. The van der Waals surface area contributed by atoms with Crippen LogP contribution in [0.5, 0.6) is 0 Å². The molecule has 0 aliphatic carbocycles. The topological polar surface area (TPSA) is 87.7 Å². The molecule has 1 aliphatic heterocycles. The van der Waals surface area contributed by atoms with Gasteiger partial charge in [0.2, 0.25) is 0 Å². The van der Waals surface area contributed by atoms with Crippen LogP contribution >= 0.6 is 0 Å². The second-order valence-electron chi connectivity index (χ2n) is 10.6. The molecular weight excluding hydrogens is 478 g/mol. The van der Waals surface area contributed by atoms with Crippen molar-refractivity contribution >= 4 is 29.2 Å². The minimum atomic E-state index is -0.476. The lowest BCUT2D eigenvalue weighted by Crippen LogP contribution is -2.45. The Labute approximate surface area is 224 Å². The van der Waals surface area contributed by atoms with E-state index in [1.165, 1.54) is 7.11 Å². The lowest BCUT2D eigenvalue weighted by molar-refractivity contribution is 0.0600. The van der Waals surface area contributed by atoms with Gasteiger partial charge in [-0.3, -0.25) is 9.59 Å². The van der Waals surface area contributed by atoms with Crippen molar-refractivity contribution in [2.24, 2.45) is 0 Å². The Hall–Kier alpha value is -4.13. The predicted octanol–water partition coefficient (Wildman–Crippen LogP) is 5.74. The second-order valence-corrected chi connectivity index (χ2v) is 10.6. The molecule has 7 heteroatoms. The summed E-state index contributed by atoms with van der Waals surface area (Å²) in [6.45, 7) is 7.57. The van der Waals surface area contributed by atoms with Crippen LogP contribution in [-0.4, -0.2) is 48.9 Å². The van der Waals surface area contributed by atoms with Gasteiger partial charge in [0.25, 0.3) is 11.8 Å². The van der Waals surface area contributed by atoms with Gasteiger partial charge in [0, 0.05) is 35.9 Å². The second kappa shape index (κ2) is 11.5. The molecule has 0 spiro atoms. The maximum absolute atomic E-state index is 13.0. The van der Waals surface area contributed by atoms with E-state index in [-0.39, 0.29) is 23.3 Å². The van der Waals surface area contributed by atoms with Gasteiger partial charge in [0.15, 0.2) is 0 Å². The van der Waals surface area contributed by atoms with Gasteiger partial charge in [-0.2, -0.15) is 0 Å². The fourth-order valence-corrected chi connectivity index (χ4v) is 4.62. The van der Waals surface area contributed by atoms with Crippen LogP contribution in [0, 0.1) is 0 Å². The number of nitrogens with zero attached hydrogens (tertiary/aromatic N) is 1. The lowest BCUT2D eigenvalue weighted by atomic mass is 9.87. The zero-order valence-electron chi connectivity index (χ0n) is 22.4. The monoisotopic (exact) mass is 513 g/mol. The quantitative estimate of drug-likeness (QED) is 0.411. The van der Waals surface area contributed by atoms with Gasteiger partial charge < -0.3 is 20.3 Å². The number of hydrogen-bond acceptors (Lipinski definition) is 5. The van der Waals surface area contributed by atoms with Gasteiger partial charge in [-0.1, -0.05) is 51.1 Å². The Balaban J connectivity index is 1.50. The molecule has 1 unspecified atom stereocenters. The number of nitrogens with one attached hydrogen (secondary N) is 2. The smallest absolute Gasteiger partial charge is 0.339 e. The van der Waals surface area contributed by atoms with Gasteiger partial charge in [-0.25, -0.2) is 4.79 Å². The number of piperidine rings is 1. The van der Waals surface area contributed by atoms with Crippen molar-refractivity contribution in [2.45, 2.75) is 45.1 Å². The Morgan fingerprint density at radius 2 is 1.63 bits per heavy atom. The summed E-state index contributed by atoms with van der Waals surface area (Å²) < 4.78 is 4.98. The molecule has 0 bridgehead atoms. The fraction of sp³-hybridized carbons (Fsp3) is 0.323. The van der Waals surface area contributed by atoms with E-state index in [0.29, 0.717) is 41.2 Å². The Morgan fingerprint density at radius 1 is 0.921 bits per heavy atom. The van der Waals surface area contributed by atoms with Crippen molar-refractivity contribution in [1.29, 1.82) is 0 Å². The number of likely N-dealkylation sites (tertiary alicyclic amines) is 1. The molecule has 3 aromatic rings. The molecule has 198 valence electrons. The molecule has 7 nitrogen and oxygen atoms in total. The summed E-state index contributed by atoms with van der Waals surface area (Å²) in [5, 5.41) is 6.36. The summed E-state index contributed by atoms with van der Waals surface area (Å²) in [6, 6.07) is 21.8. The van der Waals surface area contributed by atoms with Crippen molar-refractivity contribution in [1.82, 2.24) is 4.90 Å². The number of carbonyl (C=O) groups is 3. The van der Waals surface area contributed by atoms with E-state index in [0.717, 1.165) is 18.4 Å². The molecule has 1 aliphatic rings. The average molecular weight is 514 g/mol. The van der Waals surface area contributed by atoms with Crippen LogP contribution < -0.4 is 10.6 Å². The average Bonchev–Trinajstić information content (AvgIpc) is 2.92. The summed E-state index contributed by atoms with van der Waals surface area (Å²) in [4.78, 5) is 40.2. The highest BCUT2D eigenvalue weighted by Gasteiger charge is 2.26. The van der Waals surface area contributed by atoms with Crippen LogP contribution in [0.25, 0.3) is 0 Å². The maximum Gasteiger partial charge on any atom is 0.339 e. The number of methoxy groups -OCH3 is 1. The Bertz CT molecular complexity index is 1300. The van der Waals surface area contributed by atoms with Crippen molar-refractivity contribution in [2.75, 3.05) is 30.8 Å². The zero-order chi connectivity index (χ0) is 27.3. The first-order valence-electron chi connectivity index (χ1n) is 12.9. The first-order chi connectivity index (χ1) is 18.2. The van der Waals surface area contributed by atoms with E-state index in [4.69, 9.17) is 4.74 Å². The largest absolute Gasteiger partial charge is 0.465 e. The predicted molar refractivity (Wildman–Crippen MR) is 150 cm³/mol. The number of ether oxygens (including phenoxy) is 1. The summed E-state index contributed by atoms with van der Waals surface area (Å²) in [5.41, 5.74) is 3.83. The van der Waals surface area contributed by atoms with Gasteiger partial charge in [0.1, 0.15) is 0 Å². The van der Waals surface area contributed by atoms with Crippen molar-refractivity contribution in [3.05, 3.63) is 95.1 Å². The van der Waals surface area contributed by atoms with Crippen LogP contribution in [0.2, 0.25) is 0 Å². The van der Waals surface area contributed by atoms with Gasteiger partial charge in [-0.15, -0.1) is 0 Å². The summed E-state index contributed by atoms with van der Waals surface area (Å²) in [6.07, 6.45) is 1.68. The molecular formula is C31H35N3O4. The minimum absolute atomic E-state index is 0.000297. The van der Waals surface area contributed by atoms with E-state index in [2.05, 4.69) is 31.4 Å². The molecule has 0 aromatic heterocycles. The molecule has 1 atom stereocenters. The Kier molecular flexibility index (Phi) is 8.15. The number of amides is 2. The van der Waals surface area contributed by atoms with E-state index in [1.54, 1.807) is 18.2 Å². The van der Waals surface area contributed by atoms with E-state index in [1.807, 2.05) is 59.5 Å². The number of rotatable bonds is 6. The Morgan fingerprint density at radius 3 is 2.29 bits per heavy atom. The highest BCUT2D eigenvalue weighted by molar-refractivity contribution is 6.05. The standard InChI is InChI=1S/C31H35N3O4/c1-31(2,3)23-14-12-21(13-15-23)28(35)33-24-16-17-26(30(37)38-4)27(19-24)32-25-11-8-18-34(20-25)29(36)22-9-6-5-7-10-22/h5-7,9-10,12-17,19,25,32H,8,11,18,20H2,1-4H3,(H,33,35). The van der Waals surface area contributed by atoms with Gasteiger partial charge in [-0.05, 0) is 66.3 Å². The number of esters is 1. The van der Waals surface area contributed by atoms with Crippen molar-refractivity contribution in [3.8, 4) is 0 Å². The lowest BCUT2D eigenvalue weighted by Gasteiger charge is -2.34. The van der Waals surface area contributed by atoms with Crippen LogP contribution in [-0.2, 0) is 10.2 Å². The number of carbonyl (C=O) groups excluding carboxylic acids is 3. The van der Waals surface area contributed by atoms with E-state index in [9.17, 15) is 14.4 Å². The molecule has 1 heterocycles. The number of benzene rings is 3. The van der Waals surface area contributed by atoms with Crippen LogP contribution in [0.3, 0.4) is 0 Å². The molecule has 1 saturated heterocycles. The first kappa shape index (κ1) is 26.9. The first-order valence-corrected chi connectivity index (χ1v) is 12.9. The number of hydrogen-bond donors (Lipinski definition) is 2. The number of anilines is 2. The SMILES string of the molecule is COC(=O)c1ccc(NC(=O)c2ccc(C(C)(C)C)cc2)cc1NC1CCCN(C(=O)c2ccccc2)C1. The molecule has 2 N–H and O–H groups in total. The van der Waals surface area contributed by atoms with Crippen molar-refractivity contribution < 1.29 is 19.1 Å². The summed E-state index contributed by atoms with van der Waals surface area (Å²) >= 11 is 0. The molecule has 3 aromatic carbocycles. The van der Waals surface area contributed by atoms with Crippen LogP contribution in [0.15, 0.2) is 72.8 Å². The molecule has 1 fully saturated rings. The minimum Gasteiger partial charge on any atom is -0.465 e. The summed E-state index contributed by atoms with van der Waals surface area (Å²) in [5.74, 6) is -0.723. The van der Waals surface area contributed by atoms with E-state index >= 15 is 0 Å². The highest BCUT2D eigenvalue weighted by atomic mass is 16.5. The van der Waals surface area contributed by atoms with E-state index < -0.39 is 5.97 Å². The summed E-state index contributed by atoms with van der Waals surface area (Å²) in [7, 11) is 1.34. The van der Waals surface area contributed by atoms with Crippen LogP contribution in [0.4, 0.5) is 11.4 Å². The molecule has 0 radical (unpaired) electrons. The normalized spacial score (nSPS) is 15.5. The molecule has 0 saturated carbocycles. The third-order valence-electron chi connectivity index (χ3n) is 6.78. The zero-order valence-corrected chi connectivity index (χ0v) is 22.4. The van der Waals surface area contributed by atoms with Gasteiger partial charge >= 0.3 is 5.97 Å². The fourth-order valence-electron chi connectivity index (χ4n) is 4.62. The van der Waals surface area contributed by atoms with Crippen LogP contribution in [0.1, 0.15) is 70.3 Å². The third kappa shape index (κ3) is 6.40. The van der Waals surface area contributed by atoms with Gasteiger partial charge in [0.05, 0.1) is 18.4 Å². The highest BCUT2D eigenvalue weighted by Crippen LogP contribution is 2.26. The molecule has 38 heavy (non-hydrogen) atoms. The third-order valence-corrected chi connectivity index (χ3v) is 6.78. The van der Waals surface area contributed by atoms with Crippen molar-refractivity contribution in [3.63, 3.8) is 0 Å². The maximum atomic E-state index is 13.0. The molecule has 4 rings (SSSR count).